The zero-order chi connectivity index (χ0) is 14.5. The van der Waals surface area contributed by atoms with E-state index in [2.05, 4.69) is 0 Å². The van der Waals surface area contributed by atoms with Crippen LogP contribution in [0.2, 0.25) is 0 Å². The van der Waals surface area contributed by atoms with Crippen LogP contribution in [0.25, 0.3) is 0 Å². The van der Waals surface area contributed by atoms with E-state index in [-0.39, 0.29) is 12.2 Å². The minimum absolute atomic E-state index is 0.293. The van der Waals surface area contributed by atoms with E-state index in [9.17, 15) is 13.6 Å². The highest BCUT2D eigenvalue weighted by atomic mass is 19.1. The van der Waals surface area contributed by atoms with Gasteiger partial charge < -0.3 is 4.74 Å². The van der Waals surface area contributed by atoms with E-state index in [0.29, 0.717) is 5.75 Å². The van der Waals surface area contributed by atoms with Crippen molar-refractivity contribution in [3.8, 4) is 5.75 Å². The fraction of sp³-hybridized carbons (Fsp3) is 0.188. The number of halogens is 2. The number of aryl methyl sites for hydroxylation is 1. The van der Waals surface area contributed by atoms with Gasteiger partial charge in [0.15, 0.2) is 6.61 Å². The summed E-state index contributed by atoms with van der Waals surface area (Å²) in [5.41, 5.74) is 0.666. The van der Waals surface area contributed by atoms with E-state index in [1.807, 2.05) is 19.1 Å². The number of ketones is 1. The molecule has 0 aromatic heterocycles. The average Bonchev–Trinajstić information content (AvgIpc) is 2.47. The maximum absolute atomic E-state index is 13.4. The van der Waals surface area contributed by atoms with Crippen LogP contribution in [0, 0.1) is 11.6 Å². The summed E-state index contributed by atoms with van der Waals surface area (Å²) in [6, 6.07) is 10.1. The Hall–Kier alpha value is -2.23. The number of para-hydroxylation sites is 1. The Balaban J connectivity index is 2.11. The fourth-order valence-corrected chi connectivity index (χ4v) is 1.87. The zero-order valence-electron chi connectivity index (χ0n) is 11.0. The zero-order valence-corrected chi connectivity index (χ0v) is 11.0. The molecule has 0 aliphatic heterocycles. The molecule has 0 N–H and O–H groups in total. The Kier molecular flexibility index (Phi) is 4.45. The van der Waals surface area contributed by atoms with Gasteiger partial charge in [-0.1, -0.05) is 25.1 Å². The van der Waals surface area contributed by atoms with Crippen molar-refractivity contribution in [2.45, 2.75) is 13.3 Å². The van der Waals surface area contributed by atoms with Crippen molar-refractivity contribution in [2.24, 2.45) is 0 Å². The molecule has 0 radical (unpaired) electrons. The third-order valence-electron chi connectivity index (χ3n) is 2.94. The van der Waals surface area contributed by atoms with Crippen LogP contribution in [0.15, 0.2) is 42.5 Å². The van der Waals surface area contributed by atoms with Crippen molar-refractivity contribution in [2.75, 3.05) is 6.61 Å². The van der Waals surface area contributed by atoms with Gasteiger partial charge in [-0.2, -0.15) is 0 Å². The molecule has 0 bridgehead atoms. The lowest BCUT2D eigenvalue weighted by Crippen LogP contribution is -2.14. The maximum atomic E-state index is 13.4. The molecule has 0 saturated carbocycles. The molecule has 0 amide bonds. The fourth-order valence-electron chi connectivity index (χ4n) is 1.87. The molecule has 0 spiro atoms. The van der Waals surface area contributed by atoms with Gasteiger partial charge in [-0.05, 0) is 36.2 Å². The molecular formula is C16H14F2O2. The molecule has 2 rings (SSSR count). The molecule has 2 nitrogen and oxygen atoms in total. The van der Waals surface area contributed by atoms with Crippen LogP contribution >= 0.6 is 0 Å². The highest BCUT2D eigenvalue weighted by Crippen LogP contribution is 2.19. The molecule has 4 heteroatoms. The van der Waals surface area contributed by atoms with Crippen molar-refractivity contribution >= 4 is 5.78 Å². The summed E-state index contributed by atoms with van der Waals surface area (Å²) in [5.74, 6) is -1.40. The number of hydrogen-bond acceptors (Lipinski definition) is 2. The third kappa shape index (κ3) is 3.20. The van der Waals surface area contributed by atoms with Crippen LogP contribution in [0.4, 0.5) is 8.78 Å². The van der Waals surface area contributed by atoms with Crippen LogP contribution in [0.3, 0.4) is 0 Å². The van der Waals surface area contributed by atoms with Gasteiger partial charge in [0.1, 0.15) is 17.4 Å². The van der Waals surface area contributed by atoms with Crippen molar-refractivity contribution in [1.29, 1.82) is 0 Å². The molecule has 0 fully saturated rings. The molecule has 104 valence electrons. The van der Waals surface area contributed by atoms with E-state index in [1.165, 1.54) is 0 Å². The number of hydrogen-bond donors (Lipinski definition) is 0. The quantitative estimate of drug-likeness (QED) is 0.777. The Bertz CT molecular complexity index is 624. The van der Waals surface area contributed by atoms with Gasteiger partial charge in [-0.3, -0.25) is 4.79 Å². The van der Waals surface area contributed by atoms with Gasteiger partial charge >= 0.3 is 0 Å². The molecule has 0 aliphatic carbocycles. The lowest BCUT2D eigenvalue weighted by atomic mass is 10.1. The van der Waals surface area contributed by atoms with Crippen molar-refractivity contribution in [3.63, 3.8) is 0 Å². The van der Waals surface area contributed by atoms with E-state index >= 15 is 0 Å². The second kappa shape index (κ2) is 6.28. The second-order valence-corrected chi connectivity index (χ2v) is 4.30. The van der Waals surface area contributed by atoms with E-state index < -0.39 is 17.4 Å². The number of benzene rings is 2. The van der Waals surface area contributed by atoms with Gasteiger partial charge in [0, 0.05) is 0 Å². The minimum Gasteiger partial charge on any atom is -0.485 e. The summed E-state index contributed by atoms with van der Waals surface area (Å²) < 4.78 is 31.9. The van der Waals surface area contributed by atoms with Gasteiger partial charge in [-0.25, -0.2) is 8.78 Å². The largest absolute Gasteiger partial charge is 0.485 e. The lowest BCUT2D eigenvalue weighted by Gasteiger charge is -2.10. The summed E-state index contributed by atoms with van der Waals surface area (Å²) in [7, 11) is 0. The Morgan fingerprint density at radius 3 is 2.65 bits per heavy atom. The van der Waals surface area contributed by atoms with E-state index in [0.717, 1.165) is 30.2 Å². The predicted molar refractivity (Wildman–Crippen MR) is 72.0 cm³/mol. The summed E-state index contributed by atoms with van der Waals surface area (Å²) >= 11 is 0. The highest BCUT2D eigenvalue weighted by molar-refractivity contribution is 5.97. The van der Waals surface area contributed by atoms with Crippen LogP contribution in [-0.4, -0.2) is 12.4 Å². The third-order valence-corrected chi connectivity index (χ3v) is 2.94. The Morgan fingerprint density at radius 1 is 1.15 bits per heavy atom. The van der Waals surface area contributed by atoms with Crippen LogP contribution < -0.4 is 4.74 Å². The molecule has 0 heterocycles. The minimum atomic E-state index is -0.747. The van der Waals surface area contributed by atoms with E-state index in [4.69, 9.17) is 4.74 Å². The summed E-state index contributed by atoms with van der Waals surface area (Å²) in [6.45, 7) is 1.65. The van der Waals surface area contributed by atoms with Crippen molar-refractivity contribution in [1.82, 2.24) is 0 Å². The first-order valence-corrected chi connectivity index (χ1v) is 6.30. The van der Waals surface area contributed by atoms with Crippen LogP contribution in [-0.2, 0) is 6.42 Å². The molecule has 2 aromatic carbocycles. The Labute approximate surface area is 116 Å². The summed E-state index contributed by atoms with van der Waals surface area (Å²) in [4.78, 5) is 11.9. The molecule has 20 heavy (non-hydrogen) atoms. The van der Waals surface area contributed by atoms with Crippen molar-refractivity contribution < 1.29 is 18.3 Å². The number of carbonyl (C=O) groups is 1. The first-order chi connectivity index (χ1) is 9.61. The predicted octanol–water partition coefficient (Wildman–Crippen LogP) is 3.79. The van der Waals surface area contributed by atoms with Gasteiger partial charge in [0.05, 0.1) is 5.56 Å². The molecule has 0 unspecified atom stereocenters. The van der Waals surface area contributed by atoms with Gasteiger partial charge in [-0.15, -0.1) is 0 Å². The normalized spacial score (nSPS) is 10.3. The molecule has 2 aromatic rings. The molecule has 0 saturated heterocycles. The standard InChI is InChI=1S/C16H14F2O2/c1-2-11-5-3-4-6-16(11)20-10-15(19)13-9-12(17)7-8-14(13)18/h3-9H,2,10H2,1H3. The van der Waals surface area contributed by atoms with E-state index in [1.54, 1.807) is 12.1 Å². The van der Waals surface area contributed by atoms with Crippen molar-refractivity contribution in [3.05, 3.63) is 65.2 Å². The van der Waals surface area contributed by atoms with Crippen LogP contribution in [0.1, 0.15) is 22.8 Å². The molecule has 0 atom stereocenters. The number of carbonyl (C=O) groups excluding carboxylic acids is 1. The number of Topliss-reactive ketones (excluding diaryl/α,β-unsaturated/α-hetero) is 1. The van der Waals surface area contributed by atoms with Gasteiger partial charge in [0.2, 0.25) is 5.78 Å². The second-order valence-electron chi connectivity index (χ2n) is 4.30. The average molecular weight is 276 g/mol. The first-order valence-electron chi connectivity index (χ1n) is 6.30. The molecular weight excluding hydrogens is 262 g/mol. The number of ether oxygens (including phenoxy) is 1. The SMILES string of the molecule is CCc1ccccc1OCC(=O)c1cc(F)ccc1F. The van der Waals surface area contributed by atoms with Crippen LogP contribution in [0.5, 0.6) is 5.75 Å². The number of rotatable bonds is 5. The maximum Gasteiger partial charge on any atom is 0.203 e. The summed E-state index contributed by atoms with van der Waals surface area (Å²) in [5, 5.41) is 0. The molecule has 0 aliphatic rings. The monoisotopic (exact) mass is 276 g/mol. The Morgan fingerprint density at radius 2 is 1.90 bits per heavy atom. The highest BCUT2D eigenvalue weighted by Gasteiger charge is 2.14. The smallest absolute Gasteiger partial charge is 0.203 e. The first kappa shape index (κ1) is 14.2. The summed E-state index contributed by atoms with van der Waals surface area (Å²) in [6.07, 6.45) is 0.763. The topological polar surface area (TPSA) is 26.3 Å². The lowest BCUT2D eigenvalue weighted by molar-refractivity contribution is 0.0916. The van der Waals surface area contributed by atoms with Gasteiger partial charge in [0.25, 0.3) is 0 Å².